The van der Waals surface area contributed by atoms with Gasteiger partial charge >= 0.3 is 0 Å². The summed E-state index contributed by atoms with van der Waals surface area (Å²) < 4.78 is 5.42. The van der Waals surface area contributed by atoms with Gasteiger partial charge in [-0.15, -0.1) is 0 Å². The second-order valence-electron chi connectivity index (χ2n) is 7.72. The molecule has 0 atom stereocenters. The molecule has 0 N–H and O–H groups in total. The normalized spacial score (nSPS) is 17.2. The summed E-state index contributed by atoms with van der Waals surface area (Å²) in [4.78, 5) is 14.2. The van der Waals surface area contributed by atoms with Gasteiger partial charge in [0.15, 0.2) is 0 Å². The number of rotatable bonds is 4. The van der Waals surface area contributed by atoms with Crippen molar-refractivity contribution in [3.8, 4) is 11.1 Å². The Morgan fingerprint density at radius 3 is 2.59 bits per heavy atom. The Hall–Kier alpha value is -2.81. The lowest BCUT2D eigenvalue weighted by molar-refractivity contribution is -0.132. The number of hydrogen-bond acceptors (Lipinski definition) is 2. The van der Waals surface area contributed by atoms with Crippen LogP contribution in [0.4, 0.5) is 0 Å². The van der Waals surface area contributed by atoms with Crippen LogP contribution in [0.5, 0.6) is 0 Å². The van der Waals surface area contributed by atoms with Gasteiger partial charge in [-0.2, -0.15) is 0 Å². The number of benzene rings is 2. The molecule has 3 heteroatoms. The minimum Gasteiger partial charge on any atom is -0.464 e. The summed E-state index contributed by atoms with van der Waals surface area (Å²) in [5.41, 5.74) is 6.13. The lowest BCUT2D eigenvalue weighted by Gasteiger charge is -2.26. The maximum Gasteiger partial charge on any atom is 0.225 e. The van der Waals surface area contributed by atoms with E-state index in [1.165, 1.54) is 22.3 Å². The fourth-order valence-corrected chi connectivity index (χ4v) is 3.88. The van der Waals surface area contributed by atoms with Gasteiger partial charge in [-0.25, -0.2) is 0 Å². The summed E-state index contributed by atoms with van der Waals surface area (Å²) >= 11 is 0. The molecule has 3 aromatic rings. The Kier molecular flexibility index (Phi) is 4.08. The van der Waals surface area contributed by atoms with Gasteiger partial charge in [-0.3, -0.25) is 4.79 Å². The van der Waals surface area contributed by atoms with Crippen LogP contribution in [0.15, 0.2) is 70.9 Å². The first-order valence-corrected chi connectivity index (χ1v) is 9.79. The van der Waals surface area contributed by atoms with Gasteiger partial charge in [-0.1, -0.05) is 42.0 Å². The lowest BCUT2D eigenvalue weighted by atomic mass is 9.97. The third kappa shape index (κ3) is 3.42. The van der Waals surface area contributed by atoms with Crippen LogP contribution in [0.3, 0.4) is 0 Å². The summed E-state index contributed by atoms with van der Waals surface area (Å²) in [7, 11) is 0. The Morgan fingerprint density at radius 1 is 1.04 bits per heavy atom. The fraction of sp³-hybridized carbons (Fsp3) is 0.292. The molecular weight excluding hydrogens is 334 g/mol. The molecule has 0 bridgehead atoms. The zero-order valence-corrected chi connectivity index (χ0v) is 15.4. The van der Waals surface area contributed by atoms with Gasteiger partial charge in [0, 0.05) is 24.4 Å². The minimum atomic E-state index is 0.328. The van der Waals surface area contributed by atoms with Crippen molar-refractivity contribution in [2.24, 2.45) is 5.92 Å². The van der Waals surface area contributed by atoms with E-state index in [9.17, 15) is 4.79 Å². The molecule has 136 valence electrons. The van der Waals surface area contributed by atoms with Crippen molar-refractivity contribution in [3.05, 3.63) is 72.0 Å². The molecule has 2 aromatic carbocycles. The SMILES string of the molecule is O=C(C1CC1)N1CC=C(Cc2ccc(-c3ccc4occc4c3)cc2)CC1. The molecule has 1 amide bonds. The average Bonchev–Trinajstić information content (AvgIpc) is 3.46. The van der Waals surface area contributed by atoms with Crippen LogP contribution < -0.4 is 0 Å². The highest BCUT2D eigenvalue weighted by Crippen LogP contribution is 2.32. The van der Waals surface area contributed by atoms with Crippen molar-refractivity contribution in [3.63, 3.8) is 0 Å². The van der Waals surface area contributed by atoms with Gasteiger partial charge in [0.05, 0.1) is 6.26 Å². The van der Waals surface area contributed by atoms with Crippen molar-refractivity contribution < 1.29 is 9.21 Å². The molecule has 2 heterocycles. The summed E-state index contributed by atoms with van der Waals surface area (Å²) in [6.45, 7) is 1.66. The molecule has 1 aromatic heterocycles. The maximum absolute atomic E-state index is 12.2. The number of nitrogens with zero attached hydrogens (tertiary/aromatic N) is 1. The first-order valence-electron chi connectivity index (χ1n) is 9.79. The van der Waals surface area contributed by atoms with E-state index < -0.39 is 0 Å². The molecule has 2 aliphatic rings. The van der Waals surface area contributed by atoms with E-state index in [2.05, 4.69) is 42.5 Å². The molecule has 1 aliphatic heterocycles. The van der Waals surface area contributed by atoms with Crippen LogP contribution in [0.25, 0.3) is 22.1 Å². The molecule has 1 fully saturated rings. The van der Waals surface area contributed by atoms with Crippen molar-refractivity contribution in [1.29, 1.82) is 0 Å². The first kappa shape index (κ1) is 16.4. The predicted octanol–water partition coefficient (Wildman–Crippen LogP) is 5.21. The minimum absolute atomic E-state index is 0.328. The summed E-state index contributed by atoms with van der Waals surface area (Å²) in [6.07, 6.45) is 8.14. The van der Waals surface area contributed by atoms with E-state index in [0.717, 1.165) is 49.7 Å². The van der Waals surface area contributed by atoms with E-state index in [1.807, 2.05) is 17.0 Å². The van der Waals surface area contributed by atoms with E-state index in [1.54, 1.807) is 6.26 Å². The van der Waals surface area contributed by atoms with Crippen molar-refractivity contribution in [2.45, 2.75) is 25.7 Å². The summed E-state index contributed by atoms with van der Waals surface area (Å²) in [6, 6.07) is 17.1. The van der Waals surface area contributed by atoms with Crippen LogP contribution in [-0.4, -0.2) is 23.9 Å². The number of fused-ring (bicyclic) bond motifs is 1. The van der Waals surface area contributed by atoms with Crippen LogP contribution in [0, 0.1) is 5.92 Å². The summed E-state index contributed by atoms with van der Waals surface area (Å²) in [5.74, 6) is 0.693. The number of hydrogen-bond donors (Lipinski definition) is 0. The van der Waals surface area contributed by atoms with Crippen molar-refractivity contribution in [1.82, 2.24) is 4.90 Å². The monoisotopic (exact) mass is 357 g/mol. The van der Waals surface area contributed by atoms with Gasteiger partial charge in [-0.05, 0) is 60.6 Å². The third-order valence-corrected chi connectivity index (χ3v) is 5.71. The van der Waals surface area contributed by atoms with Gasteiger partial charge in [0.1, 0.15) is 5.58 Å². The number of furan rings is 1. The molecule has 0 saturated heterocycles. The molecule has 1 saturated carbocycles. The number of carbonyl (C=O) groups excluding carboxylic acids is 1. The third-order valence-electron chi connectivity index (χ3n) is 5.71. The largest absolute Gasteiger partial charge is 0.464 e. The average molecular weight is 357 g/mol. The molecule has 0 unspecified atom stereocenters. The highest BCUT2D eigenvalue weighted by atomic mass is 16.3. The predicted molar refractivity (Wildman–Crippen MR) is 107 cm³/mol. The first-order chi connectivity index (χ1) is 13.3. The van der Waals surface area contributed by atoms with Crippen LogP contribution in [-0.2, 0) is 11.2 Å². The number of amides is 1. The Bertz CT molecular complexity index is 1010. The molecule has 1 aliphatic carbocycles. The molecule has 27 heavy (non-hydrogen) atoms. The molecule has 5 rings (SSSR count). The van der Waals surface area contributed by atoms with Crippen molar-refractivity contribution >= 4 is 16.9 Å². The maximum atomic E-state index is 12.2. The summed E-state index contributed by atoms with van der Waals surface area (Å²) in [5, 5.41) is 1.13. The van der Waals surface area contributed by atoms with Crippen molar-refractivity contribution in [2.75, 3.05) is 13.1 Å². The topological polar surface area (TPSA) is 33.5 Å². The van der Waals surface area contributed by atoms with Crippen LogP contribution in [0.1, 0.15) is 24.8 Å². The Labute approximate surface area is 159 Å². The highest BCUT2D eigenvalue weighted by molar-refractivity contribution is 5.83. The quantitative estimate of drug-likeness (QED) is 0.601. The smallest absolute Gasteiger partial charge is 0.225 e. The van der Waals surface area contributed by atoms with Gasteiger partial charge < -0.3 is 9.32 Å². The lowest BCUT2D eigenvalue weighted by Crippen LogP contribution is -2.36. The highest BCUT2D eigenvalue weighted by Gasteiger charge is 2.33. The second kappa shape index (κ2) is 6.73. The second-order valence-corrected chi connectivity index (χ2v) is 7.72. The zero-order valence-electron chi connectivity index (χ0n) is 15.4. The standard InChI is InChI=1S/C24H23NO2/c26-24(20-5-6-20)25-12-9-18(10-13-25)15-17-1-3-19(4-2-17)21-7-8-23-22(16-21)11-14-27-23/h1-4,7-9,11,14,16,20H,5-6,10,12-13,15H2. The molecular formula is C24H23NO2. The van der Waals surface area contributed by atoms with Gasteiger partial charge in [0.2, 0.25) is 5.91 Å². The Morgan fingerprint density at radius 2 is 1.85 bits per heavy atom. The molecule has 3 nitrogen and oxygen atoms in total. The van der Waals surface area contributed by atoms with E-state index >= 15 is 0 Å². The van der Waals surface area contributed by atoms with E-state index in [-0.39, 0.29) is 0 Å². The fourth-order valence-electron chi connectivity index (χ4n) is 3.88. The van der Waals surface area contributed by atoms with E-state index in [4.69, 9.17) is 4.42 Å². The number of carbonyl (C=O) groups is 1. The van der Waals surface area contributed by atoms with Crippen LogP contribution in [0.2, 0.25) is 0 Å². The van der Waals surface area contributed by atoms with Gasteiger partial charge in [0.25, 0.3) is 0 Å². The van der Waals surface area contributed by atoms with Crippen LogP contribution >= 0.6 is 0 Å². The molecule has 0 radical (unpaired) electrons. The van der Waals surface area contributed by atoms with E-state index in [0.29, 0.717) is 11.8 Å². The molecule has 0 spiro atoms. The Balaban J connectivity index is 1.26. The zero-order chi connectivity index (χ0) is 18.2.